The van der Waals surface area contributed by atoms with Crippen LogP contribution in [-0.2, 0) is 6.18 Å². The van der Waals surface area contributed by atoms with Gasteiger partial charge in [-0.15, -0.1) is 0 Å². The van der Waals surface area contributed by atoms with Crippen molar-refractivity contribution in [3.63, 3.8) is 0 Å². The van der Waals surface area contributed by atoms with Crippen molar-refractivity contribution in [2.45, 2.75) is 13.1 Å². The van der Waals surface area contributed by atoms with Crippen molar-refractivity contribution in [2.75, 3.05) is 13.2 Å². The summed E-state index contributed by atoms with van der Waals surface area (Å²) in [7, 11) is 0. The van der Waals surface area contributed by atoms with Gasteiger partial charge in [0.15, 0.2) is 17.2 Å². The summed E-state index contributed by atoms with van der Waals surface area (Å²) in [6.45, 7) is 2.33. The number of hydrogen-bond donors (Lipinski definition) is 2. The highest BCUT2D eigenvalue weighted by atomic mass is 19.4. The molecule has 1 aliphatic heterocycles. The summed E-state index contributed by atoms with van der Waals surface area (Å²) in [6.07, 6.45) is -4.06. The number of ether oxygens (including phenoxy) is 2. The van der Waals surface area contributed by atoms with Gasteiger partial charge in [-0.3, -0.25) is 20.4 Å². The number of para-hydroxylation sites is 1. The maximum atomic E-state index is 13.8. The maximum Gasteiger partial charge on any atom is 0.434 e. The summed E-state index contributed by atoms with van der Waals surface area (Å²) in [4.78, 5) is 24.8. The van der Waals surface area contributed by atoms with Crippen LogP contribution in [-0.4, -0.2) is 34.8 Å². The predicted molar refractivity (Wildman–Crippen MR) is 106 cm³/mol. The molecule has 2 aromatic carbocycles. The molecule has 4 rings (SSSR count). The van der Waals surface area contributed by atoms with Crippen LogP contribution in [0.5, 0.6) is 11.5 Å². The summed E-state index contributed by atoms with van der Waals surface area (Å²) in [5, 5.41) is 3.76. The van der Waals surface area contributed by atoms with Crippen molar-refractivity contribution in [3.8, 4) is 17.2 Å². The Morgan fingerprint density at radius 1 is 1.00 bits per heavy atom. The van der Waals surface area contributed by atoms with Crippen LogP contribution >= 0.6 is 0 Å². The Morgan fingerprint density at radius 3 is 2.41 bits per heavy atom. The van der Waals surface area contributed by atoms with Crippen molar-refractivity contribution < 1.29 is 32.2 Å². The molecule has 11 heteroatoms. The lowest BCUT2D eigenvalue weighted by Crippen LogP contribution is -2.42. The van der Waals surface area contributed by atoms with Crippen molar-refractivity contribution in [2.24, 2.45) is 0 Å². The van der Waals surface area contributed by atoms with Crippen LogP contribution in [0.1, 0.15) is 32.0 Å². The van der Waals surface area contributed by atoms with Gasteiger partial charge in [-0.2, -0.15) is 18.3 Å². The number of rotatable bonds is 3. The molecule has 3 aromatic rings. The zero-order valence-corrected chi connectivity index (χ0v) is 16.7. The van der Waals surface area contributed by atoms with Crippen molar-refractivity contribution in [1.29, 1.82) is 0 Å². The minimum Gasteiger partial charge on any atom is -0.486 e. The Bertz CT molecular complexity index is 1190. The number of alkyl halides is 3. The molecule has 1 aromatic heterocycles. The van der Waals surface area contributed by atoms with Gasteiger partial charge >= 0.3 is 6.18 Å². The van der Waals surface area contributed by atoms with Crippen molar-refractivity contribution >= 4 is 11.8 Å². The highest BCUT2D eigenvalue weighted by Crippen LogP contribution is 2.34. The minimum atomic E-state index is -4.87. The van der Waals surface area contributed by atoms with E-state index in [1.807, 2.05) is 5.43 Å². The van der Waals surface area contributed by atoms with Gasteiger partial charge in [0.05, 0.1) is 17.4 Å². The molecule has 2 N–H and O–H groups in total. The standard InChI is InChI=1S/C21H17F3N4O4/c1-12-4-2-3-5-15(12)28-18(21(22,23)24)14(11-25-28)20(30)27-26-19(29)13-6-7-16-17(10-13)32-9-8-31-16/h2-7,10-11H,8-9H2,1H3,(H,26,29)(H,27,30). The number of aryl methyl sites for hydroxylation is 1. The molecule has 2 heterocycles. The third kappa shape index (κ3) is 4.09. The van der Waals surface area contributed by atoms with Gasteiger partial charge in [-0.05, 0) is 36.8 Å². The molecule has 1 aliphatic rings. The molecule has 0 bridgehead atoms. The fraction of sp³-hybridized carbons (Fsp3) is 0.190. The van der Waals surface area contributed by atoms with Gasteiger partial charge in [0, 0.05) is 5.56 Å². The Labute approximate surface area is 179 Å². The third-order valence-corrected chi connectivity index (χ3v) is 4.72. The first-order chi connectivity index (χ1) is 15.3. The van der Waals surface area contributed by atoms with Crippen molar-refractivity contribution in [1.82, 2.24) is 20.6 Å². The summed E-state index contributed by atoms with van der Waals surface area (Å²) < 4.78 is 52.8. The van der Waals surface area contributed by atoms with E-state index in [0.29, 0.717) is 35.0 Å². The fourth-order valence-electron chi connectivity index (χ4n) is 3.21. The zero-order valence-electron chi connectivity index (χ0n) is 16.7. The minimum absolute atomic E-state index is 0.126. The predicted octanol–water partition coefficient (Wildman–Crippen LogP) is 3.05. The first-order valence-electron chi connectivity index (χ1n) is 9.47. The average Bonchev–Trinajstić information content (AvgIpc) is 3.23. The normalized spacial score (nSPS) is 12.9. The molecule has 0 spiro atoms. The fourth-order valence-corrected chi connectivity index (χ4v) is 3.21. The van der Waals surface area contributed by atoms with Crippen LogP contribution in [0, 0.1) is 6.92 Å². The highest BCUT2D eigenvalue weighted by molar-refractivity contribution is 6.00. The van der Waals surface area contributed by atoms with E-state index in [2.05, 4.69) is 10.5 Å². The molecule has 0 saturated heterocycles. The number of nitrogens with zero attached hydrogens (tertiary/aromatic N) is 2. The second kappa shape index (κ2) is 8.25. The van der Waals surface area contributed by atoms with Crippen LogP contribution in [0.4, 0.5) is 13.2 Å². The number of carbonyl (C=O) groups excluding carboxylic acids is 2. The number of hydrazine groups is 1. The zero-order chi connectivity index (χ0) is 22.9. The van der Waals surface area contributed by atoms with Gasteiger partial charge in [0.2, 0.25) is 0 Å². The number of benzene rings is 2. The SMILES string of the molecule is Cc1ccccc1-n1ncc(C(=O)NNC(=O)c2ccc3c(c2)OCCO3)c1C(F)(F)F. The van der Waals surface area contributed by atoms with E-state index in [1.54, 1.807) is 25.1 Å². The van der Waals surface area contributed by atoms with Gasteiger partial charge in [-0.25, -0.2) is 4.68 Å². The number of amides is 2. The van der Waals surface area contributed by atoms with Crippen LogP contribution < -0.4 is 20.3 Å². The van der Waals surface area contributed by atoms with E-state index in [1.165, 1.54) is 24.3 Å². The summed E-state index contributed by atoms with van der Waals surface area (Å²) >= 11 is 0. The first kappa shape index (κ1) is 21.2. The molecular formula is C21H17F3N4O4. The van der Waals surface area contributed by atoms with E-state index in [-0.39, 0.29) is 11.3 Å². The van der Waals surface area contributed by atoms with E-state index in [0.717, 1.165) is 6.20 Å². The van der Waals surface area contributed by atoms with Crippen molar-refractivity contribution in [3.05, 3.63) is 71.0 Å². The van der Waals surface area contributed by atoms with Gasteiger partial charge < -0.3 is 9.47 Å². The van der Waals surface area contributed by atoms with Gasteiger partial charge in [0.1, 0.15) is 13.2 Å². The molecule has 0 radical (unpaired) electrons. The van der Waals surface area contributed by atoms with Crippen LogP contribution in [0.3, 0.4) is 0 Å². The lowest BCUT2D eigenvalue weighted by Gasteiger charge is -2.18. The number of hydrogen-bond acceptors (Lipinski definition) is 5. The molecule has 0 saturated carbocycles. The van der Waals surface area contributed by atoms with E-state index in [9.17, 15) is 22.8 Å². The van der Waals surface area contributed by atoms with Crippen LogP contribution in [0.25, 0.3) is 5.69 Å². The lowest BCUT2D eigenvalue weighted by molar-refractivity contribution is -0.143. The van der Waals surface area contributed by atoms with E-state index < -0.39 is 29.2 Å². The summed E-state index contributed by atoms with van der Waals surface area (Å²) in [5.41, 5.74) is 2.97. The van der Waals surface area contributed by atoms with Crippen LogP contribution in [0.15, 0.2) is 48.7 Å². The number of nitrogens with one attached hydrogen (secondary N) is 2. The Hall–Kier alpha value is -4.02. The Morgan fingerprint density at radius 2 is 1.69 bits per heavy atom. The number of carbonyl (C=O) groups is 2. The summed E-state index contributed by atoms with van der Waals surface area (Å²) in [6, 6.07) is 10.7. The lowest BCUT2D eigenvalue weighted by atomic mass is 10.1. The topological polar surface area (TPSA) is 94.5 Å². The molecule has 2 amide bonds. The second-order valence-electron chi connectivity index (χ2n) is 6.87. The second-order valence-corrected chi connectivity index (χ2v) is 6.87. The van der Waals surface area contributed by atoms with Gasteiger partial charge in [0.25, 0.3) is 11.8 Å². The smallest absolute Gasteiger partial charge is 0.434 e. The third-order valence-electron chi connectivity index (χ3n) is 4.72. The largest absolute Gasteiger partial charge is 0.486 e. The maximum absolute atomic E-state index is 13.8. The molecule has 0 atom stereocenters. The number of fused-ring (bicyclic) bond motifs is 1. The van der Waals surface area contributed by atoms with E-state index >= 15 is 0 Å². The molecule has 0 fully saturated rings. The van der Waals surface area contributed by atoms with Gasteiger partial charge in [-0.1, -0.05) is 18.2 Å². The quantitative estimate of drug-likeness (QED) is 0.604. The average molecular weight is 446 g/mol. The Balaban J connectivity index is 1.55. The van der Waals surface area contributed by atoms with E-state index in [4.69, 9.17) is 9.47 Å². The molecule has 32 heavy (non-hydrogen) atoms. The molecule has 166 valence electrons. The first-order valence-corrected chi connectivity index (χ1v) is 9.47. The molecule has 0 aliphatic carbocycles. The molecular weight excluding hydrogens is 429 g/mol. The monoisotopic (exact) mass is 446 g/mol. The Kier molecular flexibility index (Phi) is 5.47. The summed E-state index contributed by atoms with van der Waals surface area (Å²) in [5.74, 6) is -1.08. The molecule has 0 unspecified atom stereocenters. The van der Waals surface area contributed by atoms with Crippen LogP contribution in [0.2, 0.25) is 0 Å². The number of halogens is 3. The molecule has 8 nitrogen and oxygen atoms in total. The number of aromatic nitrogens is 2. The highest BCUT2D eigenvalue weighted by Gasteiger charge is 2.40.